The van der Waals surface area contributed by atoms with Crippen molar-refractivity contribution in [2.45, 2.75) is 12.8 Å². The SMILES string of the molecule is C[NH+](C)CCO/N=C1\CCCOc2cc(Cl)ccc21.[Cl-]. The lowest BCUT2D eigenvalue weighted by atomic mass is 10.1. The number of benzene rings is 1. The number of hydrogen-bond donors (Lipinski definition) is 1. The van der Waals surface area contributed by atoms with E-state index in [1.807, 2.05) is 18.2 Å². The standard InChI is InChI=1S/C14H19ClN2O2.ClH/c1-17(2)7-9-19-16-13-4-3-8-18-14-10-11(15)5-6-12(13)14;/h5-6,10H,3-4,7-9H2,1-2H3;1H/b16-13+;. The monoisotopic (exact) mass is 318 g/mol. The van der Waals surface area contributed by atoms with Gasteiger partial charge in [0.1, 0.15) is 12.3 Å². The number of ether oxygens (including phenoxy) is 1. The van der Waals surface area contributed by atoms with Crippen LogP contribution in [-0.2, 0) is 4.84 Å². The molecule has 0 saturated carbocycles. The summed E-state index contributed by atoms with van der Waals surface area (Å²) in [6.07, 6.45) is 1.80. The van der Waals surface area contributed by atoms with Crippen LogP contribution in [-0.4, -0.2) is 39.6 Å². The van der Waals surface area contributed by atoms with E-state index in [1.54, 1.807) is 0 Å². The van der Waals surface area contributed by atoms with Crippen molar-refractivity contribution >= 4 is 17.3 Å². The van der Waals surface area contributed by atoms with E-state index in [0.29, 0.717) is 18.2 Å². The normalized spacial score (nSPS) is 16.1. The second-order valence-electron chi connectivity index (χ2n) is 4.92. The van der Waals surface area contributed by atoms with Crippen LogP contribution in [0.25, 0.3) is 0 Å². The third-order valence-electron chi connectivity index (χ3n) is 2.94. The molecular weight excluding hydrogens is 299 g/mol. The molecule has 0 saturated heterocycles. The van der Waals surface area contributed by atoms with Crippen molar-refractivity contribution < 1.29 is 26.9 Å². The summed E-state index contributed by atoms with van der Waals surface area (Å²) in [5.41, 5.74) is 1.93. The molecule has 1 aromatic rings. The molecule has 0 atom stereocenters. The van der Waals surface area contributed by atoms with E-state index >= 15 is 0 Å². The van der Waals surface area contributed by atoms with Crippen LogP contribution in [0.4, 0.5) is 0 Å². The summed E-state index contributed by atoms with van der Waals surface area (Å²) in [6, 6.07) is 5.64. The molecule has 0 spiro atoms. The molecule has 1 aliphatic rings. The molecule has 1 heterocycles. The summed E-state index contributed by atoms with van der Waals surface area (Å²) in [4.78, 5) is 6.75. The minimum absolute atomic E-state index is 0. The first-order valence-electron chi connectivity index (χ1n) is 6.57. The van der Waals surface area contributed by atoms with Crippen LogP contribution in [0.5, 0.6) is 5.75 Å². The lowest BCUT2D eigenvalue weighted by Crippen LogP contribution is -3.06. The fraction of sp³-hybridized carbons (Fsp3) is 0.500. The van der Waals surface area contributed by atoms with Crippen LogP contribution in [0.1, 0.15) is 18.4 Å². The molecule has 112 valence electrons. The Morgan fingerprint density at radius 2 is 2.20 bits per heavy atom. The Labute approximate surface area is 131 Å². The van der Waals surface area contributed by atoms with Gasteiger partial charge in [-0.25, -0.2) is 0 Å². The Morgan fingerprint density at radius 1 is 1.40 bits per heavy atom. The summed E-state index contributed by atoms with van der Waals surface area (Å²) in [6.45, 7) is 2.24. The quantitative estimate of drug-likeness (QED) is 0.535. The number of likely N-dealkylation sites (N-methyl/N-ethyl adjacent to an activating group) is 1. The van der Waals surface area contributed by atoms with Crippen LogP contribution in [0, 0.1) is 0 Å². The third-order valence-corrected chi connectivity index (χ3v) is 3.17. The van der Waals surface area contributed by atoms with E-state index in [4.69, 9.17) is 21.2 Å². The van der Waals surface area contributed by atoms with Gasteiger partial charge in [0.25, 0.3) is 0 Å². The molecule has 4 nitrogen and oxygen atoms in total. The maximum Gasteiger partial charge on any atom is 0.165 e. The zero-order chi connectivity index (χ0) is 13.7. The minimum Gasteiger partial charge on any atom is -1.00 e. The molecule has 1 aliphatic heterocycles. The highest BCUT2D eigenvalue weighted by Crippen LogP contribution is 2.27. The maximum absolute atomic E-state index is 5.99. The average molecular weight is 319 g/mol. The molecule has 0 fully saturated rings. The van der Waals surface area contributed by atoms with E-state index in [2.05, 4.69) is 19.3 Å². The molecule has 1 aromatic carbocycles. The number of fused-ring (bicyclic) bond motifs is 1. The summed E-state index contributed by atoms with van der Waals surface area (Å²) in [5, 5.41) is 4.94. The predicted molar refractivity (Wildman–Crippen MR) is 76.3 cm³/mol. The lowest BCUT2D eigenvalue weighted by Gasteiger charge is -2.09. The maximum atomic E-state index is 5.99. The number of rotatable bonds is 4. The van der Waals surface area contributed by atoms with Gasteiger partial charge in [-0.2, -0.15) is 0 Å². The molecule has 0 radical (unpaired) electrons. The first-order valence-corrected chi connectivity index (χ1v) is 6.95. The Kier molecular flexibility index (Phi) is 7.13. The first-order chi connectivity index (χ1) is 9.16. The van der Waals surface area contributed by atoms with Crippen molar-refractivity contribution in [1.82, 2.24) is 0 Å². The molecule has 6 heteroatoms. The predicted octanol–water partition coefficient (Wildman–Crippen LogP) is -1.62. The highest BCUT2D eigenvalue weighted by Gasteiger charge is 2.16. The Morgan fingerprint density at radius 3 is 2.95 bits per heavy atom. The van der Waals surface area contributed by atoms with Crippen LogP contribution in [0.3, 0.4) is 0 Å². The van der Waals surface area contributed by atoms with Crippen molar-refractivity contribution in [3.63, 3.8) is 0 Å². The summed E-state index contributed by atoms with van der Waals surface area (Å²) in [5.74, 6) is 0.797. The number of nitrogens with one attached hydrogen (secondary N) is 1. The smallest absolute Gasteiger partial charge is 0.165 e. The van der Waals surface area contributed by atoms with Gasteiger partial charge in [0.05, 0.1) is 26.4 Å². The number of halogens is 2. The van der Waals surface area contributed by atoms with Crippen LogP contribution >= 0.6 is 11.6 Å². The molecular formula is C14H20Cl2N2O2. The van der Waals surface area contributed by atoms with Gasteiger partial charge in [-0.3, -0.25) is 0 Å². The zero-order valence-electron chi connectivity index (χ0n) is 11.8. The lowest BCUT2D eigenvalue weighted by molar-refractivity contribution is -0.858. The summed E-state index contributed by atoms with van der Waals surface area (Å²) >= 11 is 5.99. The van der Waals surface area contributed by atoms with Crippen LogP contribution < -0.4 is 22.0 Å². The molecule has 0 bridgehead atoms. The molecule has 1 N–H and O–H groups in total. The molecule has 20 heavy (non-hydrogen) atoms. The Hall–Kier alpha value is -0.970. The van der Waals surface area contributed by atoms with Gasteiger partial charge in [-0.05, 0) is 31.0 Å². The van der Waals surface area contributed by atoms with Gasteiger partial charge < -0.3 is 26.9 Å². The second kappa shape index (κ2) is 8.35. The topological polar surface area (TPSA) is 35.3 Å². The van der Waals surface area contributed by atoms with Gasteiger partial charge >= 0.3 is 0 Å². The Bertz CT molecular complexity index is 464. The summed E-state index contributed by atoms with van der Waals surface area (Å²) in [7, 11) is 4.18. The fourth-order valence-corrected chi connectivity index (χ4v) is 2.04. The molecule has 0 unspecified atom stereocenters. The van der Waals surface area contributed by atoms with Crippen molar-refractivity contribution in [3.05, 3.63) is 28.8 Å². The molecule has 0 aromatic heterocycles. The largest absolute Gasteiger partial charge is 1.00 e. The number of quaternary nitrogens is 1. The highest BCUT2D eigenvalue weighted by atomic mass is 35.5. The average Bonchev–Trinajstić information content (AvgIpc) is 2.56. The van der Waals surface area contributed by atoms with Gasteiger partial charge in [0, 0.05) is 10.6 Å². The number of hydrogen-bond acceptors (Lipinski definition) is 3. The van der Waals surface area contributed by atoms with Gasteiger partial charge in [-0.15, -0.1) is 0 Å². The number of nitrogens with zero attached hydrogens (tertiary/aromatic N) is 1. The van der Waals surface area contributed by atoms with Crippen molar-refractivity contribution in [2.24, 2.45) is 5.16 Å². The van der Waals surface area contributed by atoms with Gasteiger partial charge in [0.2, 0.25) is 0 Å². The zero-order valence-corrected chi connectivity index (χ0v) is 13.3. The van der Waals surface area contributed by atoms with Crippen molar-refractivity contribution in [2.75, 3.05) is 33.9 Å². The third kappa shape index (κ3) is 4.85. The molecule has 2 rings (SSSR count). The van der Waals surface area contributed by atoms with Crippen LogP contribution in [0.2, 0.25) is 5.02 Å². The molecule has 0 amide bonds. The minimum atomic E-state index is 0. The van der Waals surface area contributed by atoms with Crippen molar-refractivity contribution in [3.8, 4) is 5.75 Å². The first kappa shape index (κ1) is 17.1. The van der Waals surface area contributed by atoms with Gasteiger partial charge in [0.15, 0.2) is 6.61 Å². The number of oxime groups is 1. The van der Waals surface area contributed by atoms with E-state index in [0.717, 1.165) is 36.4 Å². The van der Waals surface area contributed by atoms with Crippen LogP contribution in [0.15, 0.2) is 23.4 Å². The van der Waals surface area contributed by atoms with Gasteiger partial charge in [-0.1, -0.05) is 16.8 Å². The van der Waals surface area contributed by atoms with Crippen molar-refractivity contribution in [1.29, 1.82) is 0 Å². The van der Waals surface area contributed by atoms with E-state index in [9.17, 15) is 0 Å². The summed E-state index contributed by atoms with van der Waals surface area (Å²) < 4.78 is 5.68. The fourth-order valence-electron chi connectivity index (χ4n) is 1.88. The highest BCUT2D eigenvalue weighted by molar-refractivity contribution is 6.30. The van der Waals surface area contributed by atoms with E-state index in [1.165, 1.54) is 4.90 Å². The second-order valence-corrected chi connectivity index (χ2v) is 5.36. The Balaban J connectivity index is 0.00000200. The molecule has 0 aliphatic carbocycles. The van der Waals surface area contributed by atoms with E-state index < -0.39 is 0 Å². The van der Waals surface area contributed by atoms with E-state index in [-0.39, 0.29) is 12.4 Å².